The van der Waals surface area contributed by atoms with Crippen LogP contribution in [0.5, 0.6) is 0 Å². The van der Waals surface area contributed by atoms with E-state index in [1.54, 1.807) is 6.07 Å². The van der Waals surface area contributed by atoms with E-state index in [1.165, 1.54) is 6.07 Å². The summed E-state index contributed by atoms with van der Waals surface area (Å²) in [5.74, 6) is 1.18. The van der Waals surface area contributed by atoms with Crippen LogP contribution in [-0.4, -0.2) is 98.2 Å². The van der Waals surface area contributed by atoms with E-state index >= 15 is 0 Å². The number of piperazine rings is 1. The first-order valence-electron chi connectivity index (χ1n) is 11.0. The number of rotatable bonds is 5. The summed E-state index contributed by atoms with van der Waals surface area (Å²) >= 11 is 0. The summed E-state index contributed by atoms with van der Waals surface area (Å²) in [6.45, 7) is 9.20. The quantitative estimate of drug-likeness (QED) is 0.575. The van der Waals surface area contributed by atoms with Crippen molar-refractivity contribution in [1.82, 2.24) is 20.0 Å². The molecule has 4 rings (SSSR count). The molecule has 8 heteroatoms. The van der Waals surface area contributed by atoms with Crippen LogP contribution in [0.25, 0.3) is 0 Å². The van der Waals surface area contributed by atoms with Crippen LogP contribution in [0.4, 0.5) is 4.39 Å². The second-order valence-corrected chi connectivity index (χ2v) is 8.17. The van der Waals surface area contributed by atoms with Crippen molar-refractivity contribution >= 4 is 11.9 Å². The molecular weight excluding hydrogens is 385 g/mol. The maximum Gasteiger partial charge on any atom is 0.236 e. The molecule has 1 saturated carbocycles. The van der Waals surface area contributed by atoms with E-state index in [0.717, 1.165) is 44.1 Å². The van der Waals surface area contributed by atoms with Gasteiger partial charge in [-0.3, -0.25) is 14.7 Å². The smallest absolute Gasteiger partial charge is 0.236 e. The average Bonchev–Trinajstić information content (AvgIpc) is 3.54. The molecule has 1 aromatic rings. The van der Waals surface area contributed by atoms with Crippen molar-refractivity contribution in [2.75, 3.05) is 65.6 Å². The summed E-state index contributed by atoms with van der Waals surface area (Å²) in [6, 6.07) is 7.27. The number of carbonyl (C=O) groups excluding carboxylic acids is 1. The van der Waals surface area contributed by atoms with E-state index in [0.29, 0.717) is 39.4 Å². The molecule has 1 aromatic carbocycles. The van der Waals surface area contributed by atoms with Gasteiger partial charge in [0, 0.05) is 57.8 Å². The molecule has 3 aliphatic rings. The van der Waals surface area contributed by atoms with E-state index in [1.807, 2.05) is 24.0 Å². The number of carbonyl (C=O) groups is 1. The summed E-state index contributed by atoms with van der Waals surface area (Å²) in [6.07, 6.45) is 0.928. The van der Waals surface area contributed by atoms with Gasteiger partial charge < -0.3 is 19.9 Å². The van der Waals surface area contributed by atoms with Crippen molar-refractivity contribution in [2.45, 2.75) is 25.3 Å². The third kappa shape index (κ3) is 5.10. The van der Waals surface area contributed by atoms with Crippen molar-refractivity contribution in [3.05, 3.63) is 35.6 Å². The normalized spacial score (nSPS) is 25.3. The molecule has 0 spiro atoms. The number of halogens is 1. The van der Waals surface area contributed by atoms with Crippen LogP contribution in [0.1, 0.15) is 24.8 Å². The van der Waals surface area contributed by atoms with E-state index in [4.69, 9.17) is 4.74 Å². The van der Waals surface area contributed by atoms with Gasteiger partial charge in [0.25, 0.3) is 0 Å². The molecule has 0 radical (unpaired) electrons. The fourth-order valence-electron chi connectivity index (χ4n) is 4.25. The molecule has 1 aliphatic carbocycles. The summed E-state index contributed by atoms with van der Waals surface area (Å²) < 4.78 is 19.4. The summed E-state index contributed by atoms with van der Waals surface area (Å²) in [4.78, 5) is 23.5. The number of aliphatic imine (C=N–C) groups is 1. The van der Waals surface area contributed by atoms with Gasteiger partial charge in [0.2, 0.25) is 5.91 Å². The fraction of sp³-hybridized carbons (Fsp3) is 0.636. The molecule has 0 aromatic heterocycles. The minimum atomic E-state index is -0.126. The summed E-state index contributed by atoms with van der Waals surface area (Å²) in [5, 5.41) is 3.55. The number of amides is 1. The summed E-state index contributed by atoms with van der Waals surface area (Å²) in [5.41, 5.74) is 0.789. The highest BCUT2D eigenvalue weighted by molar-refractivity contribution is 5.81. The second-order valence-electron chi connectivity index (χ2n) is 8.17. The number of nitrogens with one attached hydrogen (secondary N) is 1. The molecular formula is C22H32FN5O2. The Morgan fingerprint density at radius 1 is 1.13 bits per heavy atom. The number of ether oxygens (including phenoxy) is 1. The molecule has 7 nitrogen and oxygen atoms in total. The topological polar surface area (TPSA) is 60.4 Å². The third-order valence-corrected chi connectivity index (χ3v) is 6.11. The minimum Gasteiger partial charge on any atom is -0.378 e. The SMILES string of the molecule is CCN=C(NC1CC1c1ccccc1F)N1CCN(CC(=O)N2CCOCC2)CC1. The lowest BCUT2D eigenvalue weighted by Gasteiger charge is -2.37. The molecule has 2 saturated heterocycles. The highest BCUT2D eigenvalue weighted by Gasteiger charge is 2.41. The lowest BCUT2D eigenvalue weighted by atomic mass is 10.1. The molecule has 0 bridgehead atoms. The van der Waals surface area contributed by atoms with Crippen LogP contribution in [0, 0.1) is 5.82 Å². The Morgan fingerprint density at radius 2 is 1.87 bits per heavy atom. The van der Waals surface area contributed by atoms with Crippen molar-refractivity contribution in [3.8, 4) is 0 Å². The maximum absolute atomic E-state index is 14.1. The third-order valence-electron chi connectivity index (χ3n) is 6.11. The molecule has 1 amide bonds. The molecule has 2 aliphatic heterocycles. The molecule has 1 N–H and O–H groups in total. The van der Waals surface area contributed by atoms with Crippen LogP contribution in [0.3, 0.4) is 0 Å². The Labute approximate surface area is 177 Å². The molecule has 30 heavy (non-hydrogen) atoms. The second kappa shape index (κ2) is 9.75. The zero-order valence-corrected chi connectivity index (χ0v) is 17.7. The first-order chi connectivity index (χ1) is 14.7. The first kappa shape index (κ1) is 21.1. The number of hydrogen-bond donors (Lipinski definition) is 1. The van der Waals surface area contributed by atoms with Gasteiger partial charge in [-0.2, -0.15) is 0 Å². The lowest BCUT2D eigenvalue weighted by molar-refractivity contribution is -0.136. The Balaban J connectivity index is 1.26. The molecule has 2 unspecified atom stereocenters. The van der Waals surface area contributed by atoms with E-state index in [9.17, 15) is 9.18 Å². The standard InChI is InChI=1S/C22H32FN5O2/c1-2-24-22(25-20-15-18(20)17-5-3-4-6-19(17)23)28-9-7-26(8-10-28)16-21(29)27-11-13-30-14-12-27/h3-6,18,20H,2,7-16H2,1H3,(H,24,25). The van der Waals surface area contributed by atoms with Gasteiger partial charge in [0.1, 0.15) is 5.82 Å². The lowest BCUT2D eigenvalue weighted by Crippen LogP contribution is -2.55. The molecule has 164 valence electrons. The number of guanidine groups is 1. The van der Waals surface area contributed by atoms with Gasteiger partial charge in [0.05, 0.1) is 19.8 Å². The minimum absolute atomic E-state index is 0.126. The van der Waals surface area contributed by atoms with Gasteiger partial charge in [-0.25, -0.2) is 4.39 Å². The van der Waals surface area contributed by atoms with Crippen molar-refractivity contribution in [3.63, 3.8) is 0 Å². The predicted molar refractivity (Wildman–Crippen MR) is 114 cm³/mol. The van der Waals surface area contributed by atoms with Crippen LogP contribution in [0.15, 0.2) is 29.3 Å². The van der Waals surface area contributed by atoms with E-state index in [-0.39, 0.29) is 23.7 Å². The molecule has 2 atom stereocenters. The average molecular weight is 418 g/mol. The largest absolute Gasteiger partial charge is 0.378 e. The van der Waals surface area contributed by atoms with Gasteiger partial charge in [-0.15, -0.1) is 0 Å². The highest BCUT2D eigenvalue weighted by atomic mass is 19.1. The zero-order chi connectivity index (χ0) is 20.9. The number of morpholine rings is 1. The van der Waals surface area contributed by atoms with Crippen molar-refractivity contribution < 1.29 is 13.9 Å². The molecule has 3 fully saturated rings. The van der Waals surface area contributed by atoms with Crippen LogP contribution in [0.2, 0.25) is 0 Å². The van der Waals surface area contributed by atoms with Crippen LogP contribution < -0.4 is 5.32 Å². The van der Waals surface area contributed by atoms with Gasteiger partial charge in [0.15, 0.2) is 5.96 Å². The van der Waals surface area contributed by atoms with Gasteiger partial charge >= 0.3 is 0 Å². The maximum atomic E-state index is 14.1. The number of nitrogens with zero attached hydrogens (tertiary/aromatic N) is 4. The monoisotopic (exact) mass is 417 g/mol. The Morgan fingerprint density at radius 3 is 2.57 bits per heavy atom. The fourth-order valence-corrected chi connectivity index (χ4v) is 4.25. The summed E-state index contributed by atoms with van der Waals surface area (Å²) in [7, 11) is 0. The van der Waals surface area contributed by atoms with Gasteiger partial charge in [-0.05, 0) is 25.0 Å². The Bertz CT molecular complexity index is 760. The van der Waals surface area contributed by atoms with Crippen LogP contribution in [-0.2, 0) is 9.53 Å². The van der Waals surface area contributed by atoms with E-state index in [2.05, 4.69) is 20.1 Å². The Hall–Kier alpha value is -2.19. The first-order valence-corrected chi connectivity index (χ1v) is 11.0. The number of benzene rings is 1. The van der Waals surface area contributed by atoms with Crippen molar-refractivity contribution in [1.29, 1.82) is 0 Å². The predicted octanol–water partition coefficient (Wildman–Crippen LogP) is 1.12. The van der Waals surface area contributed by atoms with Crippen LogP contribution >= 0.6 is 0 Å². The van der Waals surface area contributed by atoms with Crippen molar-refractivity contribution in [2.24, 2.45) is 4.99 Å². The molecule has 2 heterocycles. The van der Waals surface area contributed by atoms with E-state index < -0.39 is 0 Å². The number of hydrogen-bond acceptors (Lipinski definition) is 4. The van der Waals surface area contributed by atoms with Gasteiger partial charge in [-0.1, -0.05) is 18.2 Å². The Kier molecular flexibility index (Phi) is 6.84. The highest BCUT2D eigenvalue weighted by Crippen LogP contribution is 2.41. The zero-order valence-electron chi connectivity index (χ0n) is 17.7.